The zero-order valence-corrected chi connectivity index (χ0v) is 18.0. The van der Waals surface area contributed by atoms with Gasteiger partial charge >= 0.3 is 5.97 Å². The lowest BCUT2D eigenvalue weighted by Crippen LogP contribution is -2.21. The van der Waals surface area contributed by atoms with Crippen LogP contribution in [0.1, 0.15) is 27.4 Å². The Balaban J connectivity index is 1.74. The fourth-order valence-corrected chi connectivity index (χ4v) is 4.17. The largest absolute Gasteiger partial charge is 0.440 e. The standard InChI is InChI=1S/C23H13Cl3N2O3/c24-13-4-1-3-12(9-13)23(29)30-14-7-8-15-19(10-14)31-22(28)16(11-27)20(15)21-17(25)5-2-6-18(21)26/h1-10,20H,28H2. The Morgan fingerprint density at radius 3 is 2.42 bits per heavy atom. The van der Waals surface area contributed by atoms with Gasteiger partial charge in [-0.2, -0.15) is 5.26 Å². The van der Waals surface area contributed by atoms with Crippen molar-refractivity contribution in [3.8, 4) is 17.6 Å². The van der Waals surface area contributed by atoms with Crippen LogP contribution in [-0.4, -0.2) is 5.97 Å². The number of carbonyl (C=O) groups excluding carboxylic acids is 1. The van der Waals surface area contributed by atoms with Crippen molar-refractivity contribution in [3.63, 3.8) is 0 Å². The molecule has 0 spiro atoms. The summed E-state index contributed by atoms with van der Waals surface area (Å²) in [6.07, 6.45) is 0. The highest BCUT2D eigenvalue weighted by molar-refractivity contribution is 6.36. The topological polar surface area (TPSA) is 85.3 Å². The predicted molar refractivity (Wildman–Crippen MR) is 119 cm³/mol. The second-order valence-corrected chi connectivity index (χ2v) is 7.91. The highest BCUT2D eigenvalue weighted by Gasteiger charge is 2.33. The first-order valence-electron chi connectivity index (χ1n) is 9.02. The van der Waals surface area contributed by atoms with Gasteiger partial charge in [0.25, 0.3) is 0 Å². The minimum absolute atomic E-state index is 0.0747. The van der Waals surface area contributed by atoms with Crippen molar-refractivity contribution in [2.45, 2.75) is 5.92 Å². The van der Waals surface area contributed by atoms with Gasteiger partial charge in [-0.3, -0.25) is 0 Å². The maximum Gasteiger partial charge on any atom is 0.343 e. The van der Waals surface area contributed by atoms with Gasteiger partial charge in [-0.25, -0.2) is 4.79 Å². The van der Waals surface area contributed by atoms with Gasteiger partial charge in [0.1, 0.15) is 23.1 Å². The predicted octanol–water partition coefficient (Wildman–Crippen LogP) is 6.08. The molecule has 8 heteroatoms. The number of nitrogens with zero attached hydrogens (tertiary/aromatic N) is 1. The number of fused-ring (bicyclic) bond motifs is 1. The number of nitriles is 1. The van der Waals surface area contributed by atoms with Crippen molar-refractivity contribution in [2.75, 3.05) is 0 Å². The number of nitrogens with two attached hydrogens (primary N) is 1. The van der Waals surface area contributed by atoms with Crippen molar-refractivity contribution >= 4 is 40.8 Å². The number of ether oxygens (including phenoxy) is 2. The van der Waals surface area contributed by atoms with Crippen LogP contribution in [-0.2, 0) is 0 Å². The van der Waals surface area contributed by atoms with Crippen LogP contribution in [0.25, 0.3) is 0 Å². The number of rotatable bonds is 3. The summed E-state index contributed by atoms with van der Waals surface area (Å²) in [7, 11) is 0. The summed E-state index contributed by atoms with van der Waals surface area (Å²) in [5, 5.41) is 10.9. The fourth-order valence-electron chi connectivity index (χ4n) is 3.36. The SMILES string of the molecule is N#CC1=C(N)Oc2cc(OC(=O)c3cccc(Cl)c3)ccc2C1c1c(Cl)cccc1Cl. The van der Waals surface area contributed by atoms with Gasteiger partial charge in [-0.1, -0.05) is 53.0 Å². The van der Waals surface area contributed by atoms with Gasteiger partial charge in [0.2, 0.25) is 5.88 Å². The van der Waals surface area contributed by atoms with E-state index in [-0.39, 0.29) is 17.2 Å². The third-order valence-electron chi connectivity index (χ3n) is 4.75. The molecule has 5 nitrogen and oxygen atoms in total. The van der Waals surface area contributed by atoms with Gasteiger partial charge in [-0.05, 0) is 36.4 Å². The molecule has 3 aromatic rings. The van der Waals surface area contributed by atoms with E-state index in [2.05, 4.69) is 6.07 Å². The van der Waals surface area contributed by atoms with Crippen LogP contribution in [0, 0.1) is 11.3 Å². The number of hydrogen-bond donors (Lipinski definition) is 1. The van der Waals surface area contributed by atoms with E-state index in [4.69, 9.17) is 50.0 Å². The average molecular weight is 472 g/mol. The second kappa shape index (κ2) is 8.52. The quantitative estimate of drug-likeness (QED) is 0.369. The van der Waals surface area contributed by atoms with Crippen molar-refractivity contribution in [3.05, 3.63) is 104 Å². The average Bonchev–Trinajstić information content (AvgIpc) is 2.73. The van der Waals surface area contributed by atoms with Crippen LogP contribution in [0.4, 0.5) is 0 Å². The lowest BCUT2D eigenvalue weighted by Gasteiger charge is -2.27. The van der Waals surface area contributed by atoms with Crippen molar-refractivity contribution in [1.82, 2.24) is 0 Å². The van der Waals surface area contributed by atoms with E-state index in [0.29, 0.717) is 37.5 Å². The van der Waals surface area contributed by atoms with Crippen LogP contribution in [0.15, 0.2) is 72.1 Å². The summed E-state index contributed by atoms with van der Waals surface area (Å²) in [4.78, 5) is 12.4. The van der Waals surface area contributed by atoms with Crippen molar-refractivity contribution in [2.24, 2.45) is 5.73 Å². The Morgan fingerprint density at radius 1 is 1.03 bits per heavy atom. The van der Waals surface area contributed by atoms with E-state index >= 15 is 0 Å². The number of benzene rings is 3. The number of esters is 1. The molecule has 1 heterocycles. The number of allylic oxidation sites excluding steroid dienone is 1. The van der Waals surface area contributed by atoms with E-state index in [0.717, 1.165) is 0 Å². The molecule has 154 valence electrons. The molecule has 0 bridgehead atoms. The third kappa shape index (κ3) is 4.06. The Kier molecular flexibility index (Phi) is 5.79. The Bertz CT molecular complexity index is 1260. The molecule has 0 saturated heterocycles. The smallest absolute Gasteiger partial charge is 0.343 e. The van der Waals surface area contributed by atoms with E-state index < -0.39 is 11.9 Å². The number of carbonyl (C=O) groups is 1. The Morgan fingerprint density at radius 2 is 1.74 bits per heavy atom. The first-order chi connectivity index (χ1) is 14.9. The fraction of sp³-hybridized carbons (Fsp3) is 0.0435. The molecule has 0 aromatic heterocycles. The van der Waals surface area contributed by atoms with E-state index in [1.807, 2.05) is 0 Å². The molecule has 0 saturated carbocycles. The summed E-state index contributed by atoms with van der Waals surface area (Å²) in [6, 6.07) is 18.4. The van der Waals surface area contributed by atoms with Crippen LogP contribution in [0.5, 0.6) is 11.5 Å². The molecule has 1 aliphatic rings. The Labute approximate surface area is 193 Å². The maximum absolute atomic E-state index is 12.4. The molecule has 1 unspecified atom stereocenters. The first-order valence-corrected chi connectivity index (χ1v) is 10.2. The van der Waals surface area contributed by atoms with E-state index in [1.165, 1.54) is 12.1 Å². The zero-order chi connectivity index (χ0) is 22.1. The third-order valence-corrected chi connectivity index (χ3v) is 5.64. The monoisotopic (exact) mass is 470 g/mol. The first kappa shape index (κ1) is 21.1. The van der Waals surface area contributed by atoms with Crippen LogP contribution in [0.2, 0.25) is 15.1 Å². The summed E-state index contributed by atoms with van der Waals surface area (Å²) in [6.45, 7) is 0. The number of hydrogen-bond acceptors (Lipinski definition) is 5. The molecular formula is C23H13Cl3N2O3. The van der Waals surface area contributed by atoms with Crippen LogP contribution < -0.4 is 15.2 Å². The Hall–Kier alpha value is -3.17. The molecule has 0 amide bonds. The minimum atomic E-state index is -0.632. The van der Waals surface area contributed by atoms with Gasteiger partial charge in [-0.15, -0.1) is 0 Å². The molecule has 4 rings (SSSR count). The summed E-state index contributed by atoms with van der Waals surface area (Å²) in [5.74, 6) is -0.720. The lowest BCUT2D eigenvalue weighted by atomic mass is 9.83. The van der Waals surface area contributed by atoms with Crippen molar-refractivity contribution in [1.29, 1.82) is 5.26 Å². The molecule has 1 aliphatic heterocycles. The van der Waals surface area contributed by atoms with Gasteiger partial charge < -0.3 is 15.2 Å². The molecule has 31 heavy (non-hydrogen) atoms. The van der Waals surface area contributed by atoms with Crippen molar-refractivity contribution < 1.29 is 14.3 Å². The van der Waals surface area contributed by atoms with Gasteiger partial charge in [0.05, 0.1) is 11.5 Å². The molecule has 3 aromatic carbocycles. The molecule has 1 atom stereocenters. The summed E-state index contributed by atoms with van der Waals surface area (Å²) >= 11 is 18.7. The van der Waals surface area contributed by atoms with E-state index in [9.17, 15) is 10.1 Å². The molecular weight excluding hydrogens is 459 g/mol. The normalized spacial score (nSPS) is 15.0. The number of halogens is 3. The highest BCUT2D eigenvalue weighted by atomic mass is 35.5. The molecule has 0 aliphatic carbocycles. The summed E-state index contributed by atoms with van der Waals surface area (Å²) < 4.78 is 11.1. The molecule has 0 fully saturated rings. The minimum Gasteiger partial charge on any atom is -0.440 e. The maximum atomic E-state index is 12.4. The van der Waals surface area contributed by atoms with Crippen LogP contribution in [0.3, 0.4) is 0 Å². The summed E-state index contributed by atoms with van der Waals surface area (Å²) in [5.41, 5.74) is 7.66. The molecule has 2 N–H and O–H groups in total. The van der Waals surface area contributed by atoms with Gasteiger partial charge in [0, 0.05) is 32.3 Å². The van der Waals surface area contributed by atoms with Gasteiger partial charge in [0.15, 0.2) is 0 Å². The second-order valence-electron chi connectivity index (χ2n) is 6.66. The molecule has 0 radical (unpaired) electrons. The highest BCUT2D eigenvalue weighted by Crippen LogP contribution is 2.47. The zero-order valence-electron chi connectivity index (χ0n) is 15.7. The van der Waals surface area contributed by atoms with Crippen LogP contribution >= 0.6 is 34.8 Å². The lowest BCUT2D eigenvalue weighted by molar-refractivity contribution is 0.0734. The van der Waals surface area contributed by atoms with E-state index in [1.54, 1.807) is 48.5 Å².